The van der Waals surface area contributed by atoms with Gasteiger partial charge in [0.2, 0.25) is 0 Å². The van der Waals surface area contributed by atoms with Gasteiger partial charge in [-0.05, 0) is 113 Å². The smallest absolute Gasteiger partial charge is 0.0470 e. The summed E-state index contributed by atoms with van der Waals surface area (Å²) in [6.07, 6.45) is 0. The first kappa shape index (κ1) is 26.8. The molecule has 1 heteroatoms. The molecule has 0 aromatic heterocycles. The van der Waals surface area contributed by atoms with E-state index in [0.29, 0.717) is 0 Å². The summed E-state index contributed by atoms with van der Waals surface area (Å²) in [5, 5.41) is 14.2. The molecular formula is C46H35N. The van der Waals surface area contributed by atoms with E-state index in [1.807, 2.05) is 0 Å². The second-order valence-electron chi connectivity index (χ2n) is 14.6. The van der Waals surface area contributed by atoms with Crippen molar-refractivity contribution in [3.63, 3.8) is 0 Å². The van der Waals surface area contributed by atoms with Crippen molar-refractivity contribution in [2.24, 2.45) is 0 Å². The lowest BCUT2D eigenvalue weighted by Gasteiger charge is -2.24. The number of benzene rings is 8. The molecule has 0 aliphatic heterocycles. The van der Waals surface area contributed by atoms with Gasteiger partial charge in [0.05, 0.1) is 0 Å². The fourth-order valence-electron chi connectivity index (χ4n) is 8.93. The predicted octanol–water partition coefficient (Wildman–Crippen LogP) is 12.7. The summed E-state index contributed by atoms with van der Waals surface area (Å²) in [6.45, 7) is 9.58. The summed E-state index contributed by atoms with van der Waals surface area (Å²) in [6, 6.07) is 49.9. The van der Waals surface area contributed by atoms with E-state index in [1.165, 1.54) is 87.6 Å². The number of anilines is 2. The number of hydrogen-bond donors (Lipinski definition) is 1. The third kappa shape index (κ3) is 3.55. The molecular weight excluding hydrogens is 567 g/mol. The number of hydrogen-bond acceptors (Lipinski definition) is 1. The van der Waals surface area contributed by atoms with Gasteiger partial charge < -0.3 is 5.32 Å². The van der Waals surface area contributed by atoms with E-state index < -0.39 is 0 Å². The summed E-state index contributed by atoms with van der Waals surface area (Å²) in [4.78, 5) is 0. The third-order valence-corrected chi connectivity index (χ3v) is 11.4. The molecule has 0 atom stereocenters. The van der Waals surface area contributed by atoms with Crippen molar-refractivity contribution >= 4 is 54.5 Å². The van der Waals surface area contributed by atoms with Gasteiger partial charge in [-0.3, -0.25) is 0 Å². The quantitative estimate of drug-likeness (QED) is 0.194. The molecule has 1 N–H and O–H groups in total. The van der Waals surface area contributed by atoms with Gasteiger partial charge in [-0.2, -0.15) is 0 Å². The zero-order valence-corrected chi connectivity index (χ0v) is 27.2. The first-order valence-corrected chi connectivity index (χ1v) is 16.8. The van der Waals surface area contributed by atoms with E-state index in [-0.39, 0.29) is 10.8 Å². The molecule has 0 saturated carbocycles. The minimum Gasteiger partial charge on any atom is -0.355 e. The van der Waals surface area contributed by atoms with Gasteiger partial charge in [-0.15, -0.1) is 0 Å². The second-order valence-corrected chi connectivity index (χ2v) is 14.6. The van der Waals surface area contributed by atoms with Crippen LogP contribution < -0.4 is 5.32 Å². The van der Waals surface area contributed by atoms with Gasteiger partial charge in [0.1, 0.15) is 0 Å². The van der Waals surface area contributed by atoms with Crippen molar-refractivity contribution in [2.45, 2.75) is 38.5 Å². The van der Waals surface area contributed by atoms with Gasteiger partial charge in [-0.25, -0.2) is 0 Å². The Kier molecular flexibility index (Phi) is 5.19. The Morgan fingerprint density at radius 1 is 0.383 bits per heavy atom. The highest BCUT2D eigenvalue weighted by molar-refractivity contribution is 6.20. The molecule has 0 amide bonds. The van der Waals surface area contributed by atoms with Crippen LogP contribution in [0.5, 0.6) is 0 Å². The Hall–Kier alpha value is -5.40. The summed E-state index contributed by atoms with van der Waals surface area (Å²) in [7, 11) is 0. The van der Waals surface area contributed by atoms with Crippen LogP contribution in [0, 0.1) is 0 Å². The molecule has 0 unspecified atom stereocenters. The van der Waals surface area contributed by atoms with Crippen LogP contribution in [0.3, 0.4) is 0 Å². The molecule has 2 aliphatic rings. The van der Waals surface area contributed by atoms with Crippen LogP contribution in [0.15, 0.2) is 133 Å². The fourth-order valence-corrected chi connectivity index (χ4v) is 8.93. The van der Waals surface area contributed by atoms with Crippen molar-refractivity contribution < 1.29 is 0 Å². The standard InChI is InChI=1S/C46H35N/c1-45(2)39-22-18-28-12-6-8-14-31(28)44(39)38-25-41-37(24-42(38)45)34-21-19-29(23-40(34)46(41,3)4)47-43-26-36-30-13-7-5-11-27(30)17-20-33(36)32-15-9-10-16-35(32)43/h5-26,47H,1-4H3. The number of rotatable bonds is 2. The lowest BCUT2D eigenvalue weighted by molar-refractivity contribution is 0.652. The van der Waals surface area contributed by atoms with Crippen LogP contribution in [0.25, 0.3) is 65.3 Å². The molecule has 8 aromatic rings. The maximum atomic E-state index is 3.89. The van der Waals surface area contributed by atoms with Crippen LogP contribution >= 0.6 is 0 Å². The van der Waals surface area contributed by atoms with Crippen LogP contribution in [-0.2, 0) is 10.8 Å². The average molecular weight is 602 g/mol. The minimum absolute atomic E-state index is 0.0561. The largest absolute Gasteiger partial charge is 0.355 e. The van der Waals surface area contributed by atoms with E-state index in [9.17, 15) is 0 Å². The maximum Gasteiger partial charge on any atom is 0.0470 e. The summed E-state index contributed by atoms with van der Waals surface area (Å²) >= 11 is 0. The minimum atomic E-state index is -0.128. The Bertz CT molecular complexity index is 2650. The predicted molar refractivity (Wildman–Crippen MR) is 201 cm³/mol. The zero-order chi connectivity index (χ0) is 31.7. The molecule has 0 spiro atoms. The third-order valence-electron chi connectivity index (χ3n) is 11.4. The molecule has 0 fully saturated rings. The fraction of sp³-hybridized carbons (Fsp3) is 0.130. The van der Waals surface area contributed by atoms with Gasteiger partial charge in [0, 0.05) is 27.6 Å². The molecule has 0 heterocycles. The van der Waals surface area contributed by atoms with Crippen LogP contribution in [0.2, 0.25) is 0 Å². The Morgan fingerprint density at radius 3 is 1.77 bits per heavy atom. The monoisotopic (exact) mass is 601 g/mol. The Labute approximate surface area is 275 Å². The molecule has 0 radical (unpaired) electrons. The lowest BCUT2D eigenvalue weighted by Crippen LogP contribution is -2.17. The van der Waals surface area contributed by atoms with Crippen LogP contribution in [0.1, 0.15) is 49.9 Å². The Morgan fingerprint density at radius 2 is 0.957 bits per heavy atom. The highest BCUT2D eigenvalue weighted by atomic mass is 14.9. The van der Waals surface area contributed by atoms with E-state index >= 15 is 0 Å². The molecule has 47 heavy (non-hydrogen) atoms. The number of fused-ring (bicyclic) bond motifs is 13. The topological polar surface area (TPSA) is 12.0 Å². The van der Waals surface area contributed by atoms with Crippen LogP contribution in [-0.4, -0.2) is 0 Å². The van der Waals surface area contributed by atoms with Crippen molar-refractivity contribution in [1.82, 2.24) is 0 Å². The van der Waals surface area contributed by atoms with E-state index in [1.54, 1.807) is 0 Å². The highest BCUT2D eigenvalue weighted by Crippen LogP contribution is 2.57. The van der Waals surface area contributed by atoms with E-state index in [2.05, 4.69) is 166 Å². The van der Waals surface area contributed by atoms with Gasteiger partial charge in [0.25, 0.3) is 0 Å². The first-order chi connectivity index (χ1) is 22.8. The molecule has 0 saturated heterocycles. The normalized spacial score (nSPS) is 15.1. The molecule has 224 valence electrons. The van der Waals surface area contributed by atoms with E-state index in [0.717, 1.165) is 11.4 Å². The van der Waals surface area contributed by atoms with Crippen molar-refractivity contribution in [2.75, 3.05) is 5.32 Å². The molecule has 1 nitrogen and oxygen atoms in total. The first-order valence-electron chi connectivity index (χ1n) is 16.8. The summed E-state index contributed by atoms with van der Waals surface area (Å²) in [5.74, 6) is 0. The van der Waals surface area contributed by atoms with Crippen molar-refractivity contribution in [1.29, 1.82) is 0 Å². The van der Waals surface area contributed by atoms with Gasteiger partial charge in [0.15, 0.2) is 0 Å². The molecule has 10 rings (SSSR count). The van der Waals surface area contributed by atoms with Crippen molar-refractivity contribution in [3.8, 4) is 22.3 Å². The lowest BCUT2D eigenvalue weighted by atomic mass is 9.79. The van der Waals surface area contributed by atoms with Crippen molar-refractivity contribution in [3.05, 3.63) is 156 Å². The second kappa shape index (κ2) is 9.11. The van der Waals surface area contributed by atoms with Crippen LogP contribution in [0.4, 0.5) is 11.4 Å². The number of nitrogens with one attached hydrogen (secondary N) is 1. The molecule has 0 bridgehead atoms. The Balaban J connectivity index is 1.12. The maximum absolute atomic E-state index is 3.89. The SMILES string of the molecule is CC1(C)c2cc(Nc3cc4c5ccccc5ccc4c4ccccc34)ccc2-c2cc3c(cc21)-c1c(ccc2ccccc12)C3(C)C. The van der Waals surface area contributed by atoms with Gasteiger partial charge in [-0.1, -0.05) is 131 Å². The molecule has 2 aliphatic carbocycles. The highest BCUT2D eigenvalue weighted by Gasteiger charge is 2.42. The summed E-state index contributed by atoms with van der Waals surface area (Å²) in [5.41, 5.74) is 13.3. The molecule has 8 aromatic carbocycles. The van der Waals surface area contributed by atoms with E-state index in [4.69, 9.17) is 0 Å². The average Bonchev–Trinajstić information content (AvgIpc) is 3.46. The summed E-state index contributed by atoms with van der Waals surface area (Å²) < 4.78 is 0. The zero-order valence-electron chi connectivity index (χ0n) is 27.2. The van der Waals surface area contributed by atoms with Gasteiger partial charge >= 0.3 is 0 Å².